The number of nitrogens with zero attached hydrogens (tertiary/aromatic N) is 2. The van der Waals surface area contributed by atoms with Gasteiger partial charge in [-0.05, 0) is 25.0 Å². The molecule has 0 atom stereocenters. The minimum atomic E-state index is -0.997. The molecule has 0 unspecified atom stereocenters. The summed E-state index contributed by atoms with van der Waals surface area (Å²) in [4.78, 5) is 15.4. The number of aromatic nitrogens is 2. The molecule has 1 fully saturated rings. The summed E-state index contributed by atoms with van der Waals surface area (Å²) in [7, 11) is 0. The molecule has 18 heavy (non-hydrogen) atoms. The molecule has 0 bridgehead atoms. The Hall–Kier alpha value is -2.17. The van der Waals surface area contributed by atoms with Crippen molar-refractivity contribution in [1.82, 2.24) is 10.1 Å². The van der Waals surface area contributed by atoms with Crippen molar-refractivity contribution in [2.45, 2.75) is 25.2 Å². The predicted octanol–water partition coefficient (Wildman–Crippen LogP) is 2.49. The molecule has 1 aromatic carbocycles. The van der Waals surface area contributed by atoms with Crippen LogP contribution in [0, 0.1) is 0 Å². The van der Waals surface area contributed by atoms with E-state index in [-0.39, 0.29) is 16.9 Å². The maximum atomic E-state index is 11.1. The predicted molar refractivity (Wildman–Crippen MR) is 63.3 cm³/mol. The van der Waals surface area contributed by atoms with E-state index in [1.54, 1.807) is 18.2 Å². The van der Waals surface area contributed by atoms with E-state index in [0.717, 1.165) is 12.8 Å². The Labute approximate surface area is 103 Å². The van der Waals surface area contributed by atoms with Crippen molar-refractivity contribution in [1.29, 1.82) is 0 Å². The molecule has 3 rings (SSSR count). The Kier molecular flexibility index (Phi) is 2.23. The average Bonchev–Trinajstić information content (AvgIpc) is 2.94. The van der Waals surface area contributed by atoms with E-state index in [1.165, 1.54) is 6.07 Å². The van der Waals surface area contributed by atoms with E-state index in [1.807, 2.05) is 0 Å². The van der Waals surface area contributed by atoms with E-state index in [2.05, 4.69) is 17.1 Å². The van der Waals surface area contributed by atoms with Crippen LogP contribution in [0.5, 0.6) is 0 Å². The van der Waals surface area contributed by atoms with Crippen LogP contribution in [0.15, 0.2) is 28.8 Å². The number of carboxylic acid groups (broad SMARTS) is 1. The smallest absolute Gasteiger partial charge is 0.336 e. The van der Waals surface area contributed by atoms with Gasteiger partial charge in [-0.1, -0.05) is 24.2 Å². The molecular weight excluding hydrogens is 232 g/mol. The maximum Gasteiger partial charge on any atom is 0.336 e. The van der Waals surface area contributed by atoms with Gasteiger partial charge in [-0.25, -0.2) is 4.79 Å². The summed E-state index contributed by atoms with van der Waals surface area (Å²) in [6, 6.07) is 6.63. The lowest BCUT2D eigenvalue weighted by Gasteiger charge is -2.00. The summed E-state index contributed by atoms with van der Waals surface area (Å²) in [6.45, 7) is 2.07. The number of hydrogen-bond acceptors (Lipinski definition) is 4. The lowest BCUT2D eigenvalue weighted by molar-refractivity contribution is 0.0697. The second kappa shape index (κ2) is 3.66. The molecule has 1 aliphatic rings. The van der Waals surface area contributed by atoms with Gasteiger partial charge in [0.1, 0.15) is 0 Å². The van der Waals surface area contributed by atoms with Gasteiger partial charge < -0.3 is 9.63 Å². The fourth-order valence-electron chi connectivity index (χ4n) is 1.85. The third kappa shape index (κ3) is 1.68. The highest BCUT2D eigenvalue weighted by atomic mass is 16.5. The van der Waals surface area contributed by atoms with E-state index in [9.17, 15) is 4.79 Å². The molecular formula is C13H12N2O3. The first-order valence-corrected chi connectivity index (χ1v) is 5.77. The van der Waals surface area contributed by atoms with Gasteiger partial charge in [-0.3, -0.25) is 0 Å². The number of hydrogen-bond donors (Lipinski definition) is 1. The van der Waals surface area contributed by atoms with Gasteiger partial charge in [0, 0.05) is 5.41 Å². The molecule has 0 saturated heterocycles. The minimum Gasteiger partial charge on any atom is -0.478 e. The van der Waals surface area contributed by atoms with Crippen molar-refractivity contribution in [3.63, 3.8) is 0 Å². The fraction of sp³-hybridized carbons (Fsp3) is 0.308. The summed E-state index contributed by atoms with van der Waals surface area (Å²) in [5.74, 6) is -0.0585. The Morgan fingerprint density at radius 1 is 1.39 bits per heavy atom. The van der Waals surface area contributed by atoms with Crippen LogP contribution < -0.4 is 0 Å². The summed E-state index contributed by atoms with van der Waals surface area (Å²) >= 11 is 0. The van der Waals surface area contributed by atoms with Gasteiger partial charge in [0.05, 0.1) is 11.1 Å². The second-order valence-corrected chi connectivity index (χ2v) is 4.83. The molecule has 1 saturated carbocycles. The zero-order valence-electron chi connectivity index (χ0n) is 9.88. The van der Waals surface area contributed by atoms with Gasteiger partial charge in [-0.15, -0.1) is 0 Å². The van der Waals surface area contributed by atoms with Gasteiger partial charge in [0.25, 0.3) is 5.89 Å². The summed E-state index contributed by atoms with van der Waals surface area (Å²) in [5.41, 5.74) is 0.654. The monoisotopic (exact) mass is 244 g/mol. The first-order valence-electron chi connectivity index (χ1n) is 5.77. The topological polar surface area (TPSA) is 76.2 Å². The number of carboxylic acids is 1. The van der Waals surface area contributed by atoms with Gasteiger partial charge in [0.15, 0.2) is 5.82 Å². The van der Waals surface area contributed by atoms with Crippen LogP contribution in [0.25, 0.3) is 11.5 Å². The molecule has 0 aliphatic heterocycles. The molecule has 5 nitrogen and oxygen atoms in total. The minimum absolute atomic E-state index is 0.0138. The Morgan fingerprint density at radius 2 is 2.11 bits per heavy atom. The summed E-state index contributed by atoms with van der Waals surface area (Å²) in [6.07, 6.45) is 2.10. The van der Waals surface area contributed by atoms with Crippen LogP contribution in [0.4, 0.5) is 0 Å². The highest BCUT2D eigenvalue weighted by molar-refractivity contribution is 5.94. The Bertz CT molecular complexity index is 614. The fourth-order valence-corrected chi connectivity index (χ4v) is 1.85. The van der Waals surface area contributed by atoms with Crippen LogP contribution in [-0.2, 0) is 5.41 Å². The highest BCUT2D eigenvalue weighted by Gasteiger charge is 2.43. The van der Waals surface area contributed by atoms with Crippen LogP contribution in [0.2, 0.25) is 0 Å². The number of aromatic carboxylic acids is 1. The van der Waals surface area contributed by atoms with Crippen molar-refractivity contribution < 1.29 is 14.4 Å². The molecule has 0 spiro atoms. The van der Waals surface area contributed by atoms with E-state index in [4.69, 9.17) is 9.63 Å². The van der Waals surface area contributed by atoms with Crippen molar-refractivity contribution in [2.75, 3.05) is 0 Å². The number of carbonyl (C=O) groups is 1. The van der Waals surface area contributed by atoms with Gasteiger partial charge in [-0.2, -0.15) is 4.98 Å². The highest BCUT2D eigenvalue weighted by Crippen LogP contribution is 2.46. The van der Waals surface area contributed by atoms with Crippen molar-refractivity contribution in [3.05, 3.63) is 35.7 Å². The third-order valence-electron chi connectivity index (χ3n) is 3.35. The Morgan fingerprint density at radius 3 is 2.78 bits per heavy atom. The van der Waals surface area contributed by atoms with Crippen molar-refractivity contribution >= 4 is 5.97 Å². The quantitative estimate of drug-likeness (QED) is 0.897. The summed E-state index contributed by atoms with van der Waals surface area (Å²) < 4.78 is 5.18. The molecule has 92 valence electrons. The van der Waals surface area contributed by atoms with Crippen LogP contribution >= 0.6 is 0 Å². The molecule has 1 heterocycles. The van der Waals surface area contributed by atoms with E-state index < -0.39 is 5.97 Å². The van der Waals surface area contributed by atoms with E-state index in [0.29, 0.717) is 11.4 Å². The number of rotatable bonds is 3. The molecule has 5 heteroatoms. The standard InChI is InChI=1S/C13H12N2O3/c1-13(6-7-13)12-14-10(18-15-12)8-4-2-3-5-9(8)11(16)17/h2-5H,6-7H2,1H3,(H,16,17). The average molecular weight is 244 g/mol. The maximum absolute atomic E-state index is 11.1. The molecule has 0 radical (unpaired) electrons. The van der Waals surface area contributed by atoms with Crippen LogP contribution in [0.1, 0.15) is 35.9 Å². The molecule has 0 amide bonds. The number of benzene rings is 1. The Balaban J connectivity index is 2.05. The lowest BCUT2D eigenvalue weighted by atomic mass is 10.1. The normalized spacial score (nSPS) is 16.5. The van der Waals surface area contributed by atoms with Crippen molar-refractivity contribution in [3.8, 4) is 11.5 Å². The third-order valence-corrected chi connectivity index (χ3v) is 3.35. The largest absolute Gasteiger partial charge is 0.478 e. The zero-order valence-corrected chi connectivity index (χ0v) is 9.88. The van der Waals surface area contributed by atoms with Crippen LogP contribution in [0.3, 0.4) is 0 Å². The second-order valence-electron chi connectivity index (χ2n) is 4.83. The lowest BCUT2D eigenvalue weighted by Crippen LogP contribution is -2.02. The zero-order chi connectivity index (χ0) is 12.8. The van der Waals surface area contributed by atoms with Crippen molar-refractivity contribution in [2.24, 2.45) is 0 Å². The van der Waals surface area contributed by atoms with Crippen LogP contribution in [-0.4, -0.2) is 21.2 Å². The van der Waals surface area contributed by atoms with E-state index >= 15 is 0 Å². The molecule has 1 aromatic heterocycles. The first-order chi connectivity index (χ1) is 8.60. The van der Waals surface area contributed by atoms with Gasteiger partial charge >= 0.3 is 5.97 Å². The molecule has 1 N–H and O–H groups in total. The molecule has 1 aliphatic carbocycles. The van der Waals surface area contributed by atoms with Gasteiger partial charge in [0.2, 0.25) is 0 Å². The molecule has 2 aromatic rings. The first kappa shape index (κ1) is 11.0. The summed E-state index contributed by atoms with van der Waals surface area (Å²) in [5, 5.41) is 13.1. The SMILES string of the molecule is CC1(c2noc(-c3ccccc3C(=O)O)n2)CC1.